The van der Waals surface area contributed by atoms with Crippen molar-refractivity contribution in [3.05, 3.63) is 0 Å². The van der Waals surface area contributed by atoms with Crippen LogP contribution in [0.25, 0.3) is 0 Å². The van der Waals surface area contributed by atoms with Crippen LogP contribution in [-0.2, 0) is 25.0 Å². The minimum absolute atomic E-state index is 1.82. The van der Waals surface area contributed by atoms with Crippen LogP contribution in [0.1, 0.15) is 0 Å². The third-order valence-corrected chi connectivity index (χ3v) is 3.56. The average molecular weight is 378 g/mol. The van der Waals surface area contributed by atoms with Gasteiger partial charge in [-0.3, -0.25) is 13.8 Å². The quantitative estimate of drug-likeness (QED) is 0.557. The van der Waals surface area contributed by atoms with Crippen molar-refractivity contribution in [1.29, 1.82) is 0 Å². The summed E-state index contributed by atoms with van der Waals surface area (Å²) in [5.74, 6) is 0. The van der Waals surface area contributed by atoms with Crippen molar-refractivity contribution in [3.8, 4) is 0 Å². The first-order valence-electron chi connectivity index (χ1n) is 3.86. The predicted molar refractivity (Wildman–Crippen MR) is 44.0 cm³/mol. The Kier molecular flexibility index (Phi) is 4.68. The summed E-state index contributed by atoms with van der Waals surface area (Å²) in [5, 5.41) is -13.7. The Labute approximate surface area is 110 Å². The van der Waals surface area contributed by atoms with Gasteiger partial charge in [0, 0.05) is 0 Å². The van der Waals surface area contributed by atoms with Gasteiger partial charge in [0.1, 0.15) is 0 Å². The molecule has 17 heteroatoms. The van der Waals surface area contributed by atoms with Crippen molar-refractivity contribution in [2.24, 2.45) is 0 Å². The fraction of sp³-hybridized carbons (Fsp3) is 1.00. The fourth-order valence-corrected chi connectivity index (χ4v) is 1.76. The molecule has 0 aromatic carbocycles. The van der Waals surface area contributed by atoms with E-state index in [9.17, 15) is 52.0 Å². The number of halogens is 8. The number of alkyl halides is 8. The Morgan fingerprint density at radius 2 is 0.810 bits per heavy atom. The van der Waals surface area contributed by atoms with Gasteiger partial charge in [0.05, 0.1) is 0 Å². The van der Waals surface area contributed by atoms with E-state index in [0.29, 0.717) is 0 Å². The molecule has 0 amide bonds. The number of rotatable bonds is 4. The molecule has 0 aliphatic rings. The van der Waals surface area contributed by atoms with Gasteiger partial charge >= 0.3 is 43.0 Å². The van der Waals surface area contributed by atoms with Crippen molar-refractivity contribution < 1.29 is 65.8 Å². The highest BCUT2D eigenvalue weighted by atomic mass is 32.2. The largest absolute Gasteiger partial charge is 0.467 e. The summed E-state index contributed by atoms with van der Waals surface area (Å²) < 4.78 is 157. The van der Waals surface area contributed by atoms with Crippen LogP contribution in [0.2, 0.25) is 0 Å². The Balaban J connectivity index is 6.43. The van der Waals surface area contributed by atoms with E-state index in [1.807, 2.05) is 4.74 Å². The lowest BCUT2D eigenvalue weighted by atomic mass is 10.6. The highest BCUT2D eigenvalue weighted by molar-refractivity contribution is 7.87. The fourth-order valence-electron chi connectivity index (χ4n) is 0.682. The van der Waals surface area contributed by atoms with E-state index in [-0.39, 0.29) is 0 Å². The molecule has 2 N–H and O–H groups in total. The zero-order valence-electron chi connectivity index (χ0n) is 8.78. The Hall–Kier alpha value is -0.780. The Morgan fingerprint density at radius 1 is 0.619 bits per heavy atom. The summed E-state index contributed by atoms with van der Waals surface area (Å²) in [6.45, 7) is 0. The van der Waals surface area contributed by atoms with Gasteiger partial charge in [-0.2, -0.15) is 52.0 Å². The van der Waals surface area contributed by atoms with Gasteiger partial charge in [0.15, 0.2) is 0 Å². The topological polar surface area (TPSA) is 118 Å². The zero-order chi connectivity index (χ0) is 17.7. The van der Waals surface area contributed by atoms with E-state index in [1.54, 1.807) is 0 Å². The SMILES string of the molecule is O=S(=O)(O)C(F)(OC(F)(C(F)(F)F)S(=O)(=O)O)C(F)(F)F. The maximum Gasteiger partial charge on any atom is 0.467 e. The molecule has 2 atom stereocenters. The first kappa shape index (κ1) is 20.2. The van der Waals surface area contributed by atoms with Gasteiger partial charge in [-0.15, -0.1) is 0 Å². The minimum Gasteiger partial charge on any atom is -0.281 e. The third kappa shape index (κ3) is 3.35. The van der Waals surface area contributed by atoms with E-state index in [4.69, 9.17) is 9.11 Å². The van der Waals surface area contributed by atoms with Crippen LogP contribution in [0.15, 0.2) is 0 Å². The maximum atomic E-state index is 13.1. The second-order valence-corrected chi connectivity index (χ2v) is 6.07. The van der Waals surface area contributed by atoms with Crippen LogP contribution in [-0.4, -0.2) is 48.7 Å². The third-order valence-electron chi connectivity index (χ3n) is 1.60. The monoisotopic (exact) mass is 378 g/mol. The lowest BCUT2D eigenvalue weighted by Gasteiger charge is -2.32. The van der Waals surface area contributed by atoms with Gasteiger partial charge in [0.25, 0.3) is 0 Å². The van der Waals surface area contributed by atoms with Gasteiger partial charge in [-0.05, 0) is 0 Å². The van der Waals surface area contributed by atoms with Crippen molar-refractivity contribution in [1.82, 2.24) is 0 Å². The standard InChI is InChI=1S/C4H2F8O7S2/c5-1(6,7)3(11,20(13,14)15)19-4(12,2(8,9)10)21(16,17)18/h(H,13,14,15)(H,16,17,18). The van der Waals surface area contributed by atoms with Crippen molar-refractivity contribution in [2.45, 2.75) is 22.7 Å². The van der Waals surface area contributed by atoms with Gasteiger partial charge in [-0.25, -0.2) is 0 Å². The normalized spacial score (nSPS) is 20.7. The van der Waals surface area contributed by atoms with E-state index >= 15 is 0 Å². The molecule has 0 aliphatic carbocycles. The highest BCUT2D eigenvalue weighted by Gasteiger charge is 2.78. The smallest absolute Gasteiger partial charge is 0.281 e. The molecule has 0 aromatic rings. The summed E-state index contributed by atoms with van der Waals surface area (Å²) in [5.41, 5.74) is 0. The molecule has 0 heterocycles. The lowest BCUT2D eigenvalue weighted by molar-refractivity contribution is -0.380. The lowest BCUT2D eigenvalue weighted by Crippen LogP contribution is -2.61. The molecule has 0 rings (SSSR count). The molecule has 0 spiro atoms. The Bertz CT molecular complexity index is 550. The average Bonchev–Trinajstić information content (AvgIpc) is 2.09. The first-order valence-corrected chi connectivity index (χ1v) is 6.74. The van der Waals surface area contributed by atoms with Crippen molar-refractivity contribution in [2.75, 3.05) is 0 Å². The molecular formula is C4H2F8O7S2. The summed E-state index contributed by atoms with van der Waals surface area (Å²) in [4.78, 5) is 0. The molecule has 0 saturated heterocycles. The summed E-state index contributed by atoms with van der Waals surface area (Å²) in [6, 6.07) is 0. The number of hydrogen-bond donors (Lipinski definition) is 2. The number of ether oxygens (including phenoxy) is 1. The van der Waals surface area contributed by atoms with E-state index in [1.165, 1.54) is 0 Å². The van der Waals surface area contributed by atoms with E-state index in [2.05, 4.69) is 0 Å². The molecule has 0 fully saturated rings. The van der Waals surface area contributed by atoms with Crippen molar-refractivity contribution >= 4 is 20.2 Å². The molecule has 21 heavy (non-hydrogen) atoms. The molecule has 0 radical (unpaired) electrons. The first-order chi connectivity index (χ1) is 8.71. The molecule has 0 bridgehead atoms. The summed E-state index contributed by atoms with van der Waals surface area (Å²) in [7, 11) is -14.6. The van der Waals surface area contributed by atoms with Crippen LogP contribution in [0.3, 0.4) is 0 Å². The van der Waals surface area contributed by atoms with Crippen LogP contribution in [0.5, 0.6) is 0 Å². The maximum absolute atomic E-state index is 13.1. The van der Waals surface area contributed by atoms with Crippen LogP contribution >= 0.6 is 0 Å². The van der Waals surface area contributed by atoms with Gasteiger partial charge < -0.3 is 0 Å². The van der Waals surface area contributed by atoms with E-state index in [0.717, 1.165) is 0 Å². The zero-order valence-corrected chi connectivity index (χ0v) is 10.4. The van der Waals surface area contributed by atoms with Gasteiger partial charge in [-0.1, -0.05) is 0 Å². The van der Waals surface area contributed by atoms with Crippen molar-refractivity contribution in [3.63, 3.8) is 0 Å². The minimum atomic E-state index is -7.31. The highest BCUT2D eigenvalue weighted by Crippen LogP contribution is 2.48. The molecule has 128 valence electrons. The molecule has 0 saturated carbocycles. The summed E-state index contributed by atoms with van der Waals surface area (Å²) in [6.07, 6.45) is -14.1. The van der Waals surface area contributed by atoms with Gasteiger partial charge in [0.2, 0.25) is 0 Å². The molecule has 0 aliphatic heterocycles. The van der Waals surface area contributed by atoms with Crippen LogP contribution < -0.4 is 0 Å². The van der Waals surface area contributed by atoms with E-state index < -0.39 is 43.0 Å². The molecule has 7 nitrogen and oxygen atoms in total. The molecule has 2 unspecified atom stereocenters. The second-order valence-electron chi connectivity index (χ2n) is 3.12. The molecule has 0 aromatic heterocycles. The number of hydrogen-bond acceptors (Lipinski definition) is 5. The van der Waals surface area contributed by atoms with Crippen LogP contribution in [0, 0.1) is 0 Å². The Morgan fingerprint density at radius 3 is 0.905 bits per heavy atom. The summed E-state index contributed by atoms with van der Waals surface area (Å²) >= 11 is 0. The molecular weight excluding hydrogens is 376 g/mol. The van der Waals surface area contributed by atoms with Crippen LogP contribution in [0.4, 0.5) is 35.1 Å². The second kappa shape index (κ2) is 4.86. The predicted octanol–water partition coefficient (Wildman–Crippen LogP) is 1.15.